The van der Waals surface area contributed by atoms with E-state index in [1.807, 2.05) is 77.7 Å². The van der Waals surface area contributed by atoms with Crippen LogP contribution in [-0.2, 0) is 6.54 Å². The highest BCUT2D eigenvalue weighted by molar-refractivity contribution is 5.89. The molecule has 166 valence electrons. The summed E-state index contributed by atoms with van der Waals surface area (Å²) in [4.78, 5) is 38.9. The fourth-order valence-corrected chi connectivity index (χ4v) is 4.03. The van der Waals surface area contributed by atoms with Crippen molar-refractivity contribution in [2.75, 3.05) is 36.4 Å². The number of carbonyl (C=O) groups is 1. The van der Waals surface area contributed by atoms with Crippen LogP contribution in [0.15, 0.2) is 83.8 Å². The molecule has 0 saturated carbocycles. The molecule has 5 rings (SSSR count). The van der Waals surface area contributed by atoms with E-state index in [-0.39, 0.29) is 11.6 Å². The molecule has 1 aliphatic rings. The lowest BCUT2D eigenvalue weighted by atomic mass is 10.2. The topological polar surface area (TPSA) is 83.4 Å². The zero-order chi connectivity index (χ0) is 22.6. The van der Waals surface area contributed by atoms with E-state index in [1.165, 1.54) is 0 Å². The number of hydrogen-bond donors (Lipinski definition) is 1. The summed E-state index contributed by atoms with van der Waals surface area (Å²) in [7, 11) is 0. The molecule has 2 amide bonds. The molecule has 0 radical (unpaired) electrons. The number of rotatable bonds is 4. The summed E-state index contributed by atoms with van der Waals surface area (Å²) in [5, 5.41) is 2.92. The van der Waals surface area contributed by atoms with Gasteiger partial charge in [0.25, 0.3) is 5.56 Å². The highest BCUT2D eigenvalue weighted by atomic mass is 16.2. The molecule has 0 bridgehead atoms. The molecule has 2 aromatic heterocycles. The molecule has 1 aliphatic heterocycles. The molecule has 0 aliphatic carbocycles. The maximum atomic E-state index is 13.5. The zero-order valence-electron chi connectivity index (χ0n) is 18.1. The van der Waals surface area contributed by atoms with Gasteiger partial charge < -0.3 is 15.1 Å². The third-order valence-electron chi connectivity index (χ3n) is 5.76. The summed E-state index contributed by atoms with van der Waals surface area (Å²) >= 11 is 0. The molecule has 4 aromatic rings. The van der Waals surface area contributed by atoms with Gasteiger partial charge in [-0.25, -0.2) is 14.8 Å². The van der Waals surface area contributed by atoms with Crippen molar-refractivity contribution in [1.29, 1.82) is 0 Å². The molecule has 0 spiro atoms. The van der Waals surface area contributed by atoms with Crippen LogP contribution in [0.2, 0.25) is 0 Å². The summed E-state index contributed by atoms with van der Waals surface area (Å²) in [6.07, 6.45) is 1.68. The fraction of sp³-hybridized carbons (Fsp3) is 0.200. The van der Waals surface area contributed by atoms with Gasteiger partial charge in [0.05, 0.1) is 6.54 Å². The molecule has 1 fully saturated rings. The normalized spacial score (nSPS) is 13.8. The van der Waals surface area contributed by atoms with Gasteiger partial charge in [-0.3, -0.25) is 9.36 Å². The molecule has 2 aromatic carbocycles. The molecule has 33 heavy (non-hydrogen) atoms. The van der Waals surface area contributed by atoms with Crippen LogP contribution in [0.5, 0.6) is 0 Å². The number of aromatic nitrogens is 3. The smallest absolute Gasteiger partial charge is 0.321 e. The van der Waals surface area contributed by atoms with Crippen LogP contribution in [0.25, 0.3) is 11.2 Å². The van der Waals surface area contributed by atoms with Gasteiger partial charge in [-0.05, 0) is 29.8 Å². The van der Waals surface area contributed by atoms with Gasteiger partial charge in [0.2, 0.25) is 0 Å². The molecule has 0 atom stereocenters. The van der Waals surface area contributed by atoms with Gasteiger partial charge in [-0.2, -0.15) is 0 Å². The van der Waals surface area contributed by atoms with E-state index in [2.05, 4.69) is 15.3 Å². The van der Waals surface area contributed by atoms with Crippen LogP contribution in [0.3, 0.4) is 0 Å². The standard InChI is InChI=1S/C25H24N6O2/c32-24-23(29-14-16-30(17-15-29)25(33)27-20-10-5-2-6-11-20)28-21-12-7-13-26-22(21)31(24)18-19-8-3-1-4-9-19/h1-13H,14-18H2,(H,27,33). The number of amides is 2. The van der Waals surface area contributed by atoms with Gasteiger partial charge in [0, 0.05) is 38.1 Å². The first kappa shape index (κ1) is 20.7. The van der Waals surface area contributed by atoms with Gasteiger partial charge in [-0.1, -0.05) is 48.5 Å². The van der Waals surface area contributed by atoms with Crippen molar-refractivity contribution in [2.24, 2.45) is 0 Å². The second-order valence-electron chi connectivity index (χ2n) is 7.93. The summed E-state index contributed by atoms with van der Waals surface area (Å²) < 4.78 is 1.68. The van der Waals surface area contributed by atoms with Crippen molar-refractivity contribution in [3.8, 4) is 0 Å². The number of nitrogens with zero attached hydrogens (tertiary/aromatic N) is 5. The third-order valence-corrected chi connectivity index (χ3v) is 5.76. The van der Waals surface area contributed by atoms with Gasteiger partial charge in [0.15, 0.2) is 11.5 Å². The highest BCUT2D eigenvalue weighted by Crippen LogP contribution is 2.16. The average Bonchev–Trinajstić information content (AvgIpc) is 2.87. The van der Waals surface area contributed by atoms with Crippen molar-refractivity contribution in [3.05, 3.63) is 94.9 Å². The second kappa shape index (κ2) is 9.12. The molecule has 1 saturated heterocycles. The zero-order valence-corrected chi connectivity index (χ0v) is 18.1. The van der Waals surface area contributed by atoms with E-state index >= 15 is 0 Å². The third kappa shape index (κ3) is 4.41. The molecular formula is C25H24N6O2. The van der Waals surface area contributed by atoms with Crippen LogP contribution in [0.1, 0.15) is 5.56 Å². The van der Waals surface area contributed by atoms with Crippen molar-refractivity contribution < 1.29 is 4.79 Å². The van der Waals surface area contributed by atoms with Crippen LogP contribution < -0.4 is 15.8 Å². The van der Waals surface area contributed by atoms with Gasteiger partial charge >= 0.3 is 6.03 Å². The number of piperazine rings is 1. The summed E-state index contributed by atoms with van der Waals surface area (Å²) in [6, 6.07) is 22.8. The Labute approximate surface area is 191 Å². The Bertz CT molecular complexity index is 1320. The lowest BCUT2D eigenvalue weighted by molar-refractivity contribution is 0.208. The van der Waals surface area contributed by atoms with Crippen molar-refractivity contribution >= 4 is 28.7 Å². The van der Waals surface area contributed by atoms with Gasteiger partial charge in [-0.15, -0.1) is 0 Å². The Balaban J connectivity index is 1.37. The lowest BCUT2D eigenvalue weighted by Crippen LogP contribution is -2.51. The Hall–Kier alpha value is -4.20. The number of urea groups is 1. The molecule has 1 N–H and O–H groups in total. The van der Waals surface area contributed by atoms with E-state index < -0.39 is 0 Å². The summed E-state index contributed by atoms with van der Waals surface area (Å²) in [5.74, 6) is 0.398. The Kier molecular flexibility index (Phi) is 5.72. The monoisotopic (exact) mass is 440 g/mol. The van der Waals surface area contributed by atoms with Crippen molar-refractivity contribution in [1.82, 2.24) is 19.4 Å². The van der Waals surface area contributed by atoms with E-state index in [1.54, 1.807) is 15.7 Å². The summed E-state index contributed by atoms with van der Waals surface area (Å²) in [5.41, 5.74) is 2.85. The summed E-state index contributed by atoms with van der Waals surface area (Å²) in [6.45, 7) is 2.48. The second-order valence-corrected chi connectivity index (χ2v) is 7.93. The van der Waals surface area contributed by atoms with E-state index in [0.29, 0.717) is 49.7 Å². The molecule has 8 heteroatoms. The largest absolute Gasteiger partial charge is 0.348 e. The quantitative estimate of drug-likeness (QED) is 0.527. The van der Waals surface area contributed by atoms with E-state index in [4.69, 9.17) is 0 Å². The minimum absolute atomic E-state index is 0.141. The Morgan fingerprint density at radius 2 is 1.58 bits per heavy atom. The average molecular weight is 441 g/mol. The van der Waals surface area contributed by atoms with Crippen molar-refractivity contribution in [2.45, 2.75) is 6.54 Å². The molecule has 8 nitrogen and oxygen atoms in total. The SMILES string of the molecule is O=C(Nc1ccccc1)N1CCN(c2nc3cccnc3n(Cc3ccccc3)c2=O)CC1. The number of nitrogens with one attached hydrogen (secondary N) is 1. The first-order valence-corrected chi connectivity index (χ1v) is 10.9. The van der Waals surface area contributed by atoms with E-state index in [0.717, 1.165) is 11.3 Å². The van der Waals surface area contributed by atoms with Crippen molar-refractivity contribution in [3.63, 3.8) is 0 Å². The molecular weight excluding hydrogens is 416 g/mol. The molecule has 0 unspecified atom stereocenters. The lowest BCUT2D eigenvalue weighted by Gasteiger charge is -2.35. The number of para-hydroxylation sites is 1. The minimum atomic E-state index is -0.174. The predicted molar refractivity (Wildman–Crippen MR) is 129 cm³/mol. The van der Waals surface area contributed by atoms with E-state index in [9.17, 15) is 9.59 Å². The highest BCUT2D eigenvalue weighted by Gasteiger charge is 2.25. The number of anilines is 2. The number of pyridine rings is 1. The maximum absolute atomic E-state index is 13.5. The first-order valence-electron chi connectivity index (χ1n) is 10.9. The number of fused-ring (bicyclic) bond motifs is 1. The van der Waals surface area contributed by atoms with Crippen LogP contribution in [0.4, 0.5) is 16.3 Å². The predicted octanol–water partition coefficient (Wildman–Crippen LogP) is 3.19. The Morgan fingerprint density at radius 3 is 2.30 bits per heavy atom. The number of hydrogen-bond acceptors (Lipinski definition) is 5. The van der Waals surface area contributed by atoms with Crippen LogP contribution in [-0.4, -0.2) is 51.6 Å². The van der Waals surface area contributed by atoms with Crippen LogP contribution in [0, 0.1) is 0 Å². The fourth-order valence-electron chi connectivity index (χ4n) is 4.03. The van der Waals surface area contributed by atoms with Crippen LogP contribution >= 0.6 is 0 Å². The number of benzene rings is 2. The minimum Gasteiger partial charge on any atom is -0.348 e. The number of carbonyl (C=O) groups excluding carboxylic acids is 1. The first-order chi connectivity index (χ1) is 16.2. The molecule has 3 heterocycles. The maximum Gasteiger partial charge on any atom is 0.321 e. The Morgan fingerprint density at radius 1 is 0.879 bits per heavy atom. The van der Waals surface area contributed by atoms with Gasteiger partial charge in [0.1, 0.15) is 5.52 Å².